The van der Waals surface area contributed by atoms with E-state index < -0.39 is 11.6 Å². The van der Waals surface area contributed by atoms with Gasteiger partial charge in [0.25, 0.3) is 0 Å². The first-order chi connectivity index (χ1) is 10.1. The van der Waals surface area contributed by atoms with E-state index in [2.05, 4.69) is 10.1 Å². The van der Waals surface area contributed by atoms with Crippen LogP contribution in [0.1, 0.15) is 38.0 Å². The molecule has 1 aliphatic carbocycles. The van der Waals surface area contributed by atoms with Crippen LogP contribution in [-0.2, 0) is 5.41 Å². The smallest absolute Gasteiger partial charge is 0.234 e. The highest BCUT2D eigenvalue weighted by molar-refractivity contribution is 5.54. The van der Waals surface area contributed by atoms with Gasteiger partial charge in [-0.15, -0.1) is 0 Å². The zero-order chi connectivity index (χ0) is 14.9. The van der Waals surface area contributed by atoms with Crippen LogP contribution in [0.3, 0.4) is 0 Å². The third-order valence-corrected chi connectivity index (χ3v) is 4.20. The van der Waals surface area contributed by atoms with Gasteiger partial charge in [0.15, 0.2) is 0 Å². The maximum Gasteiger partial charge on any atom is 0.234 e. The van der Waals surface area contributed by atoms with Crippen molar-refractivity contribution < 1.29 is 13.3 Å². The maximum atomic E-state index is 13.3. The topological polar surface area (TPSA) is 64.9 Å². The molecular formula is C15H17F2N3O. The van der Waals surface area contributed by atoms with Crippen LogP contribution >= 0.6 is 0 Å². The van der Waals surface area contributed by atoms with Crippen LogP contribution < -0.4 is 5.73 Å². The van der Waals surface area contributed by atoms with Crippen LogP contribution in [0.5, 0.6) is 0 Å². The Labute approximate surface area is 121 Å². The predicted molar refractivity (Wildman–Crippen MR) is 73.5 cm³/mol. The summed E-state index contributed by atoms with van der Waals surface area (Å²) in [4.78, 5) is 4.34. The summed E-state index contributed by atoms with van der Waals surface area (Å²) in [6.45, 7) is 0.437. The molecule has 0 radical (unpaired) electrons. The lowest BCUT2D eigenvalue weighted by atomic mass is 9.74. The molecule has 112 valence electrons. The minimum atomic E-state index is -0.664. The minimum Gasteiger partial charge on any atom is -0.338 e. The molecule has 1 fully saturated rings. The minimum absolute atomic E-state index is 0.196. The van der Waals surface area contributed by atoms with Crippen LogP contribution in [0.25, 0.3) is 11.4 Å². The van der Waals surface area contributed by atoms with Crippen molar-refractivity contribution in [3.05, 3.63) is 35.7 Å². The number of nitrogens with zero attached hydrogens (tertiary/aromatic N) is 2. The van der Waals surface area contributed by atoms with Gasteiger partial charge in [0.05, 0.1) is 5.41 Å². The zero-order valence-corrected chi connectivity index (χ0v) is 11.6. The van der Waals surface area contributed by atoms with Gasteiger partial charge in [-0.1, -0.05) is 24.4 Å². The van der Waals surface area contributed by atoms with E-state index in [0.717, 1.165) is 31.7 Å². The van der Waals surface area contributed by atoms with E-state index in [-0.39, 0.29) is 16.8 Å². The second-order valence-corrected chi connectivity index (χ2v) is 5.63. The lowest BCUT2D eigenvalue weighted by molar-refractivity contribution is 0.220. The average Bonchev–Trinajstić information content (AvgIpc) is 2.97. The number of rotatable bonds is 3. The first-order valence-corrected chi connectivity index (χ1v) is 7.14. The number of hydrogen-bond acceptors (Lipinski definition) is 4. The van der Waals surface area contributed by atoms with Crippen molar-refractivity contribution in [1.29, 1.82) is 0 Å². The normalized spacial score (nSPS) is 17.9. The third-order valence-electron chi connectivity index (χ3n) is 4.20. The van der Waals surface area contributed by atoms with Gasteiger partial charge in [0.1, 0.15) is 11.6 Å². The highest BCUT2D eigenvalue weighted by atomic mass is 19.1. The second-order valence-electron chi connectivity index (χ2n) is 5.63. The van der Waals surface area contributed by atoms with Gasteiger partial charge in [0, 0.05) is 18.2 Å². The summed E-state index contributed by atoms with van der Waals surface area (Å²) in [7, 11) is 0. The largest absolute Gasteiger partial charge is 0.338 e. The molecule has 0 aliphatic heterocycles. The lowest BCUT2D eigenvalue weighted by Crippen LogP contribution is -2.37. The van der Waals surface area contributed by atoms with Crippen molar-refractivity contribution >= 4 is 0 Å². The Kier molecular flexibility index (Phi) is 3.71. The van der Waals surface area contributed by atoms with E-state index in [1.807, 2.05) is 0 Å². The number of halogens is 2. The zero-order valence-electron chi connectivity index (χ0n) is 11.6. The van der Waals surface area contributed by atoms with Crippen LogP contribution in [0.4, 0.5) is 8.78 Å². The molecule has 2 aromatic rings. The van der Waals surface area contributed by atoms with Gasteiger partial charge in [0.2, 0.25) is 11.7 Å². The molecule has 2 N–H and O–H groups in total. The Morgan fingerprint density at radius 3 is 2.38 bits per heavy atom. The Morgan fingerprint density at radius 1 is 1.10 bits per heavy atom. The molecular weight excluding hydrogens is 276 g/mol. The predicted octanol–water partition coefficient (Wildman–Crippen LogP) is 3.18. The van der Waals surface area contributed by atoms with Crippen molar-refractivity contribution in [3.63, 3.8) is 0 Å². The van der Waals surface area contributed by atoms with Crippen molar-refractivity contribution in [1.82, 2.24) is 10.1 Å². The quantitative estimate of drug-likeness (QED) is 0.944. The lowest BCUT2D eigenvalue weighted by Gasteiger charge is -2.32. The van der Waals surface area contributed by atoms with Gasteiger partial charge in [-0.05, 0) is 25.0 Å². The van der Waals surface area contributed by atoms with Gasteiger partial charge in [-0.25, -0.2) is 8.78 Å². The van der Waals surface area contributed by atoms with Crippen LogP contribution in [0.15, 0.2) is 22.7 Å². The summed E-state index contributed by atoms with van der Waals surface area (Å²) in [6.07, 6.45) is 5.14. The number of aromatic nitrogens is 2. The summed E-state index contributed by atoms with van der Waals surface area (Å²) in [5.41, 5.74) is 5.89. The van der Waals surface area contributed by atoms with Crippen molar-refractivity contribution in [2.45, 2.75) is 37.5 Å². The fourth-order valence-corrected chi connectivity index (χ4v) is 2.97. The highest BCUT2D eigenvalue weighted by Crippen LogP contribution is 2.38. The molecule has 1 aromatic carbocycles. The molecule has 0 amide bonds. The van der Waals surface area contributed by atoms with Crippen molar-refractivity contribution in [2.24, 2.45) is 5.73 Å². The maximum absolute atomic E-state index is 13.3. The monoisotopic (exact) mass is 293 g/mol. The molecule has 0 spiro atoms. The molecule has 0 atom stereocenters. The Bertz CT molecular complexity index is 615. The van der Waals surface area contributed by atoms with Gasteiger partial charge < -0.3 is 10.3 Å². The Morgan fingerprint density at radius 2 is 1.76 bits per heavy atom. The van der Waals surface area contributed by atoms with E-state index in [1.54, 1.807) is 0 Å². The van der Waals surface area contributed by atoms with Crippen LogP contribution in [0.2, 0.25) is 0 Å². The van der Waals surface area contributed by atoms with Gasteiger partial charge >= 0.3 is 0 Å². The molecule has 1 saturated carbocycles. The third kappa shape index (κ3) is 2.68. The number of nitrogens with two attached hydrogens (primary N) is 1. The van der Waals surface area contributed by atoms with Crippen LogP contribution in [0, 0.1) is 11.6 Å². The summed E-state index contributed by atoms with van der Waals surface area (Å²) in [5, 5.41) is 3.86. The molecule has 0 saturated heterocycles. The molecule has 1 aliphatic rings. The van der Waals surface area contributed by atoms with Crippen molar-refractivity contribution in [2.75, 3.05) is 6.54 Å². The summed E-state index contributed by atoms with van der Waals surface area (Å²) in [6, 6.07) is 3.19. The fraction of sp³-hybridized carbons (Fsp3) is 0.467. The second kappa shape index (κ2) is 5.52. The van der Waals surface area contributed by atoms with Gasteiger partial charge in [-0.2, -0.15) is 4.98 Å². The fourth-order valence-electron chi connectivity index (χ4n) is 2.97. The van der Waals surface area contributed by atoms with Crippen molar-refractivity contribution in [3.8, 4) is 11.4 Å². The van der Waals surface area contributed by atoms with E-state index in [4.69, 9.17) is 10.3 Å². The summed E-state index contributed by atoms with van der Waals surface area (Å²) < 4.78 is 31.9. The molecule has 4 nitrogen and oxygen atoms in total. The van der Waals surface area contributed by atoms with E-state index in [9.17, 15) is 8.78 Å². The molecule has 6 heteroatoms. The molecule has 21 heavy (non-hydrogen) atoms. The first-order valence-electron chi connectivity index (χ1n) is 7.14. The Balaban J connectivity index is 1.95. The standard InChI is InChI=1S/C15H17F2N3O/c16-11-6-10(7-12(17)8-11)13-19-14(21-20-13)15(9-18)4-2-1-3-5-15/h6-8H,1-5,9,18H2. The molecule has 1 aromatic heterocycles. The van der Waals surface area contributed by atoms with E-state index in [0.29, 0.717) is 12.4 Å². The van der Waals surface area contributed by atoms with Crippen LogP contribution in [-0.4, -0.2) is 16.7 Å². The summed E-state index contributed by atoms with van der Waals surface area (Å²) in [5.74, 6) is -0.656. The molecule has 3 rings (SSSR count). The average molecular weight is 293 g/mol. The molecule has 0 bridgehead atoms. The van der Waals surface area contributed by atoms with Gasteiger partial charge in [-0.3, -0.25) is 0 Å². The Hall–Kier alpha value is -1.82. The highest BCUT2D eigenvalue weighted by Gasteiger charge is 2.38. The molecule has 0 unspecified atom stereocenters. The number of hydrogen-bond donors (Lipinski definition) is 1. The SMILES string of the molecule is NCC1(c2nc(-c3cc(F)cc(F)c3)no2)CCCCC1. The summed E-state index contributed by atoms with van der Waals surface area (Å²) >= 11 is 0. The van der Waals surface area contributed by atoms with E-state index >= 15 is 0 Å². The first kappa shape index (κ1) is 14.1. The number of benzene rings is 1. The molecule has 1 heterocycles. The van der Waals surface area contributed by atoms with E-state index in [1.165, 1.54) is 18.6 Å².